The molecule has 0 aliphatic carbocycles. The Bertz CT molecular complexity index is 489. The second-order valence-corrected chi connectivity index (χ2v) is 3.35. The van der Waals surface area contributed by atoms with Gasteiger partial charge in [-0.25, -0.2) is 4.79 Å². The van der Waals surface area contributed by atoms with Gasteiger partial charge in [-0.05, 0) is 29.3 Å². The van der Waals surface area contributed by atoms with Crippen LogP contribution in [0.5, 0.6) is 0 Å². The molecule has 16 heavy (non-hydrogen) atoms. The first-order valence-electron chi connectivity index (χ1n) is 4.97. The summed E-state index contributed by atoms with van der Waals surface area (Å²) in [5.74, 6) is -0.321. The van der Waals surface area contributed by atoms with E-state index < -0.39 is 0 Å². The summed E-state index contributed by atoms with van der Waals surface area (Å²) < 4.78 is 4.68. The Morgan fingerprint density at radius 2 is 2.06 bits per heavy atom. The first-order valence-corrected chi connectivity index (χ1v) is 4.97. The molecule has 0 aliphatic rings. The van der Waals surface area contributed by atoms with Gasteiger partial charge in [-0.3, -0.25) is 0 Å². The highest BCUT2D eigenvalue weighted by Crippen LogP contribution is 2.19. The van der Waals surface area contributed by atoms with Gasteiger partial charge >= 0.3 is 5.97 Å². The average molecular weight is 211 g/mol. The Balaban J connectivity index is 2.40. The summed E-state index contributed by atoms with van der Waals surface area (Å²) in [6.45, 7) is 0. The van der Waals surface area contributed by atoms with Crippen LogP contribution in [-0.4, -0.2) is 13.1 Å². The Morgan fingerprint density at radius 1 is 1.19 bits per heavy atom. The van der Waals surface area contributed by atoms with Gasteiger partial charge < -0.3 is 4.74 Å². The van der Waals surface area contributed by atoms with Gasteiger partial charge in [0.25, 0.3) is 0 Å². The molecule has 2 rings (SSSR count). The monoisotopic (exact) mass is 211 g/mol. The molecule has 2 aromatic carbocycles. The molecule has 0 spiro atoms. The molecule has 0 amide bonds. The third-order valence-electron chi connectivity index (χ3n) is 2.30. The zero-order chi connectivity index (χ0) is 11.4. The molecule has 0 aromatic heterocycles. The van der Waals surface area contributed by atoms with Crippen LogP contribution in [0.4, 0.5) is 0 Å². The molecule has 2 nitrogen and oxygen atoms in total. The number of hydrogen-bond donors (Lipinski definition) is 0. The van der Waals surface area contributed by atoms with E-state index in [9.17, 15) is 4.79 Å². The van der Waals surface area contributed by atoms with Crippen molar-refractivity contribution >= 4 is 5.97 Å². The Hall–Kier alpha value is -2.09. The summed E-state index contributed by atoms with van der Waals surface area (Å²) in [6.07, 6.45) is 0. The van der Waals surface area contributed by atoms with Crippen molar-refractivity contribution < 1.29 is 9.53 Å². The van der Waals surface area contributed by atoms with E-state index in [4.69, 9.17) is 0 Å². The lowest BCUT2D eigenvalue weighted by Crippen LogP contribution is -2.00. The van der Waals surface area contributed by atoms with Gasteiger partial charge in [-0.2, -0.15) is 0 Å². The number of esters is 1. The third kappa shape index (κ3) is 2.11. The van der Waals surface area contributed by atoms with Crippen LogP contribution in [0.3, 0.4) is 0 Å². The van der Waals surface area contributed by atoms with Crippen LogP contribution >= 0.6 is 0 Å². The maximum Gasteiger partial charge on any atom is 0.337 e. The summed E-state index contributed by atoms with van der Waals surface area (Å²) in [4.78, 5) is 11.4. The van der Waals surface area contributed by atoms with Crippen molar-refractivity contribution in [1.29, 1.82) is 0 Å². The molecule has 0 bridgehead atoms. The molecule has 0 unspecified atom stereocenters. The van der Waals surface area contributed by atoms with Crippen molar-refractivity contribution in [3.63, 3.8) is 0 Å². The molecule has 79 valence electrons. The second-order valence-electron chi connectivity index (χ2n) is 3.35. The summed E-state index contributed by atoms with van der Waals surface area (Å²) in [5.41, 5.74) is 2.48. The fraction of sp³-hybridized carbons (Fsp3) is 0.0714. The standard InChI is InChI=1S/C14H11O2/c1-16-14(15)13-9-5-8-12(10-13)11-6-3-2-4-7-11/h2-6,8-10H,1H3. The van der Waals surface area contributed by atoms with E-state index in [2.05, 4.69) is 10.8 Å². The van der Waals surface area contributed by atoms with E-state index >= 15 is 0 Å². The molecule has 0 atom stereocenters. The van der Waals surface area contributed by atoms with E-state index in [1.165, 1.54) is 7.11 Å². The summed E-state index contributed by atoms with van der Waals surface area (Å²) >= 11 is 0. The lowest BCUT2D eigenvalue weighted by molar-refractivity contribution is 0.0601. The minimum Gasteiger partial charge on any atom is -0.465 e. The SMILES string of the molecule is COC(=O)c1cccc(-c2[c]cccc2)c1. The number of methoxy groups -OCH3 is 1. The van der Waals surface area contributed by atoms with E-state index in [1.54, 1.807) is 12.1 Å². The molecule has 0 saturated carbocycles. The molecule has 1 radical (unpaired) electrons. The van der Waals surface area contributed by atoms with Crippen molar-refractivity contribution in [2.75, 3.05) is 7.11 Å². The normalized spacial score (nSPS) is 9.81. The van der Waals surface area contributed by atoms with Crippen LogP contribution in [0.25, 0.3) is 11.1 Å². The lowest BCUT2D eigenvalue weighted by Gasteiger charge is -2.03. The molecular formula is C14H11O2. The van der Waals surface area contributed by atoms with Gasteiger partial charge in [0.05, 0.1) is 12.7 Å². The van der Waals surface area contributed by atoms with Gasteiger partial charge in [0.15, 0.2) is 0 Å². The lowest BCUT2D eigenvalue weighted by atomic mass is 10.0. The molecule has 0 saturated heterocycles. The van der Waals surface area contributed by atoms with Crippen molar-refractivity contribution in [2.45, 2.75) is 0 Å². The number of benzene rings is 2. The van der Waals surface area contributed by atoms with Crippen molar-refractivity contribution in [2.24, 2.45) is 0 Å². The van der Waals surface area contributed by atoms with E-state index in [0.717, 1.165) is 11.1 Å². The van der Waals surface area contributed by atoms with Gasteiger partial charge in [-0.15, -0.1) is 0 Å². The molecular weight excluding hydrogens is 200 g/mol. The molecule has 0 N–H and O–H groups in total. The fourth-order valence-corrected chi connectivity index (χ4v) is 1.50. The van der Waals surface area contributed by atoms with E-state index in [0.29, 0.717) is 5.56 Å². The number of hydrogen-bond acceptors (Lipinski definition) is 2. The largest absolute Gasteiger partial charge is 0.465 e. The van der Waals surface area contributed by atoms with Crippen LogP contribution in [0, 0.1) is 6.07 Å². The summed E-state index contributed by atoms with van der Waals surface area (Å²) in [5, 5.41) is 0. The van der Waals surface area contributed by atoms with Gasteiger partial charge in [0.1, 0.15) is 0 Å². The van der Waals surface area contributed by atoms with Gasteiger partial charge in [0, 0.05) is 0 Å². The van der Waals surface area contributed by atoms with Crippen molar-refractivity contribution in [3.8, 4) is 11.1 Å². The predicted octanol–water partition coefficient (Wildman–Crippen LogP) is 2.94. The topological polar surface area (TPSA) is 26.3 Å². The smallest absolute Gasteiger partial charge is 0.337 e. The zero-order valence-electron chi connectivity index (χ0n) is 8.94. The second kappa shape index (κ2) is 4.62. The molecule has 0 fully saturated rings. The Labute approximate surface area is 94.5 Å². The fourth-order valence-electron chi connectivity index (χ4n) is 1.50. The minimum absolute atomic E-state index is 0.321. The van der Waals surface area contributed by atoms with Gasteiger partial charge in [0.2, 0.25) is 0 Å². The van der Waals surface area contributed by atoms with E-state index in [-0.39, 0.29) is 5.97 Å². The molecule has 0 aliphatic heterocycles. The summed E-state index contributed by atoms with van der Waals surface area (Å²) in [7, 11) is 1.38. The van der Waals surface area contributed by atoms with Crippen molar-refractivity contribution in [1.82, 2.24) is 0 Å². The maximum atomic E-state index is 11.4. The third-order valence-corrected chi connectivity index (χ3v) is 2.30. The number of ether oxygens (including phenoxy) is 1. The maximum absolute atomic E-state index is 11.4. The van der Waals surface area contributed by atoms with Crippen LogP contribution in [0.2, 0.25) is 0 Å². The number of carbonyl (C=O) groups is 1. The number of rotatable bonds is 2. The van der Waals surface area contributed by atoms with Gasteiger partial charge in [-0.1, -0.05) is 36.4 Å². The highest BCUT2D eigenvalue weighted by Gasteiger charge is 2.06. The van der Waals surface area contributed by atoms with Crippen LogP contribution in [0.1, 0.15) is 10.4 Å². The molecule has 0 heterocycles. The minimum atomic E-state index is -0.321. The molecule has 2 aromatic rings. The Kier molecular flexibility index (Phi) is 3.01. The highest BCUT2D eigenvalue weighted by molar-refractivity contribution is 5.90. The molecule has 2 heteroatoms. The van der Waals surface area contributed by atoms with Crippen LogP contribution in [-0.2, 0) is 4.74 Å². The quantitative estimate of drug-likeness (QED) is 0.714. The van der Waals surface area contributed by atoms with Crippen molar-refractivity contribution in [3.05, 3.63) is 60.2 Å². The first kappa shape index (κ1) is 10.4. The highest BCUT2D eigenvalue weighted by atomic mass is 16.5. The summed E-state index contributed by atoms with van der Waals surface area (Å²) in [6, 6.07) is 18.1. The Morgan fingerprint density at radius 3 is 2.75 bits per heavy atom. The first-order chi connectivity index (χ1) is 7.81. The van der Waals surface area contributed by atoms with Crippen LogP contribution in [0.15, 0.2) is 48.5 Å². The average Bonchev–Trinajstić information content (AvgIpc) is 2.39. The number of carbonyl (C=O) groups excluding carboxylic acids is 1. The van der Waals surface area contributed by atoms with Crippen LogP contribution < -0.4 is 0 Å². The zero-order valence-corrected chi connectivity index (χ0v) is 8.94. The predicted molar refractivity (Wildman–Crippen MR) is 62.1 cm³/mol. The van der Waals surface area contributed by atoms with E-state index in [1.807, 2.05) is 36.4 Å².